The Morgan fingerprint density at radius 1 is 0.500 bits per heavy atom. The number of rotatable bonds is 6. The van der Waals surface area contributed by atoms with E-state index in [1.165, 1.54) is 16.7 Å². The Hall–Kier alpha value is -2.09. The number of hydrogen-bond acceptors (Lipinski definition) is 0. The van der Waals surface area contributed by atoms with Crippen LogP contribution in [0, 0.1) is 0 Å². The molecule has 3 aromatic carbocycles. The largest absolute Gasteiger partial charge is 1.00 e. The van der Waals surface area contributed by atoms with Crippen LogP contribution in [0.1, 0.15) is 16.7 Å². The van der Waals surface area contributed by atoms with Gasteiger partial charge >= 0.3 is 0 Å². The van der Waals surface area contributed by atoms with Gasteiger partial charge in [-0.2, -0.15) is 0 Å². The second-order valence-electron chi connectivity index (χ2n) is 6.49. The number of hydrogen-bond donors (Lipinski definition) is 1. The molecular formula is C22H24ClN. The molecule has 0 heterocycles. The van der Waals surface area contributed by atoms with Crippen molar-refractivity contribution < 1.29 is 18.1 Å². The summed E-state index contributed by atoms with van der Waals surface area (Å²) < 4.78 is 0. The fourth-order valence-electron chi connectivity index (χ4n) is 3.27. The molecule has 3 aromatic rings. The first-order chi connectivity index (χ1) is 11.2. The molecule has 124 valence electrons. The summed E-state index contributed by atoms with van der Waals surface area (Å²) in [5.74, 6) is 0. The van der Waals surface area contributed by atoms with Gasteiger partial charge in [0.05, 0.1) is 0 Å². The summed E-state index contributed by atoms with van der Waals surface area (Å²) in [6, 6.07) is 32.1. The maximum Gasteiger partial charge on any atom is 0.107 e. The molecular weight excluding hydrogens is 314 g/mol. The fraction of sp³-hybridized carbons (Fsp3) is 0.182. The van der Waals surface area contributed by atoms with Crippen molar-refractivity contribution in [1.29, 1.82) is 0 Å². The molecule has 3 rings (SSSR count). The molecule has 1 nitrogen and oxygen atoms in total. The van der Waals surface area contributed by atoms with Crippen molar-refractivity contribution in [2.24, 2.45) is 0 Å². The molecule has 0 bridgehead atoms. The standard InChI is InChI=1S/C22H23N.ClH/c23-22(16-19-10-4-1-5-11-19,17-20-12-6-2-7-13-20)18-21-14-8-3-9-15-21;/h1-15H,16-18,23H2;1H. The van der Waals surface area contributed by atoms with Crippen LogP contribution in [0.15, 0.2) is 91.0 Å². The smallest absolute Gasteiger partial charge is 0.107 e. The van der Waals surface area contributed by atoms with Crippen molar-refractivity contribution in [1.82, 2.24) is 0 Å². The lowest BCUT2D eigenvalue weighted by Gasteiger charge is -2.27. The quantitative estimate of drug-likeness (QED) is 0.686. The van der Waals surface area contributed by atoms with Crippen LogP contribution in [0.25, 0.3) is 0 Å². The van der Waals surface area contributed by atoms with Crippen molar-refractivity contribution in [3.63, 3.8) is 0 Å². The van der Waals surface area contributed by atoms with Crippen LogP contribution in [-0.4, -0.2) is 5.54 Å². The molecule has 0 atom stereocenters. The predicted molar refractivity (Wildman–Crippen MR) is 96.1 cm³/mol. The fourth-order valence-corrected chi connectivity index (χ4v) is 3.27. The molecule has 0 unspecified atom stereocenters. The molecule has 0 spiro atoms. The minimum absolute atomic E-state index is 0. The Balaban J connectivity index is 0.00000208. The maximum atomic E-state index is 4.66. The van der Waals surface area contributed by atoms with E-state index in [4.69, 9.17) is 0 Å². The van der Waals surface area contributed by atoms with Crippen molar-refractivity contribution >= 4 is 0 Å². The van der Waals surface area contributed by atoms with Gasteiger partial charge in [-0.05, 0) is 16.7 Å². The second kappa shape index (κ2) is 8.68. The zero-order valence-corrected chi connectivity index (χ0v) is 14.6. The Morgan fingerprint density at radius 2 is 0.750 bits per heavy atom. The highest BCUT2D eigenvalue weighted by atomic mass is 35.5. The van der Waals surface area contributed by atoms with E-state index in [1.807, 2.05) is 0 Å². The van der Waals surface area contributed by atoms with Crippen LogP contribution in [-0.2, 0) is 19.3 Å². The van der Waals surface area contributed by atoms with E-state index in [1.54, 1.807) is 0 Å². The van der Waals surface area contributed by atoms with Crippen LogP contribution in [0.4, 0.5) is 0 Å². The van der Waals surface area contributed by atoms with Gasteiger partial charge in [0.15, 0.2) is 0 Å². The highest BCUT2D eigenvalue weighted by molar-refractivity contribution is 5.24. The first-order valence-corrected chi connectivity index (χ1v) is 8.21. The maximum absolute atomic E-state index is 4.66. The Kier molecular flexibility index (Phi) is 6.60. The average Bonchev–Trinajstić information content (AvgIpc) is 2.57. The molecule has 0 fully saturated rings. The van der Waals surface area contributed by atoms with Gasteiger partial charge in [0.2, 0.25) is 0 Å². The lowest BCUT2D eigenvalue weighted by atomic mass is 9.81. The van der Waals surface area contributed by atoms with Crippen LogP contribution in [0.3, 0.4) is 0 Å². The lowest BCUT2D eigenvalue weighted by Crippen LogP contribution is -3.00. The third-order valence-corrected chi connectivity index (χ3v) is 4.27. The van der Waals surface area contributed by atoms with Gasteiger partial charge in [0.25, 0.3) is 0 Å². The van der Waals surface area contributed by atoms with Crippen molar-refractivity contribution in [2.45, 2.75) is 24.8 Å². The zero-order valence-electron chi connectivity index (χ0n) is 13.9. The molecule has 0 aliphatic rings. The van der Waals surface area contributed by atoms with E-state index in [0.717, 1.165) is 19.3 Å². The Morgan fingerprint density at radius 3 is 1.00 bits per heavy atom. The van der Waals surface area contributed by atoms with Crippen LogP contribution in [0.2, 0.25) is 0 Å². The number of halogens is 1. The minimum atomic E-state index is -0.0376. The van der Waals surface area contributed by atoms with E-state index in [-0.39, 0.29) is 17.9 Å². The topological polar surface area (TPSA) is 27.6 Å². The summed E-state index contributed by atoms with van der Waals surface area (Å²) in [5.41, 5.74) is 8.69. The van der Waals surface area contributed by atoms with Gasteiger partial charge in [0.1, 0.15) is 5.54 Å². The third kappa shape index (κ3) is 5.23. The lowest BCUT2D eigenvalue weighted by molar-refractivity contribution is -0.477. The van der Waals surface area contributed by atoms with Gasteiger partial charge in [-0.25, -0.2) is 0 Å². The molecule has 0 amide bonds. The first-order valence-electron chi connectivity index (χ1n) is 8.21. The Labute approximate surface area is 150 Å². The summed E-state index contributed by atoms with van der Waals surface area (Å²) in [7, 11) is 0. The summed E-state index contributed by atoms with van der Waals surface area (Å²) in [6.45, 7) is 0. The third-order valence-electron chi connectivity index (χ3n) is 4.27. The van der Waals surface area contributed by atoms with Gasteiger partial charge in [-0.3, -0.25) is 0 Å². The second-order valence-corrected chi connectivity index (χ2v) is 6.49. The molecule has 0 aliphatic heterocycles. The first kappa shape index (κ1) is 18.3. The van der Waals surface area contributed by atoms with Crippen molar-refractivity contribution in [2.75, 3.05) is 0 Å². The molecule has 0 radical (unpaired) electrons. The molecule has 0 aliphatic carbocycles. The number of benzene rings is 3. The van der Waals surface area contributed by atoms with E-state index in [0.29, 0.717) is 0 Å². The van der Waals surface area contributed by atoms with Crippen LogP contribution in [0.5, 0.6) is 0 Å². The minimum Gasteiger partial charge on any atom is -1.00 e. The summed E-state index contributed by atoms with van der Waals surface area (Å²) in [6.07, 6.45) is 2.95. The Bertz CT molecular complexity index is 609. The van der Waals surface area contributed by atoms with Crippen LogP contribution < -0.4 is 18.1 Å². The average molecular weight is 338 g/mol. The molecule has 0 aromatic heterocycles. The van der Waals surface area contributed by atoms with Gasteiger partial charge in [-0.15, -0.1) is 0 Å². The van der Waals surface area contributed by atoms with Crippen molar-refractivity contribution in [3.8, 4) is 0 Å². The molecule has 2 heteroatoms. The SMILES string of the molecule is [Cl-].[NH3+]C(Cc1ccccc1)(Cc1ccccc1)Cc1ccccc1. The van der Waals surface area contributed by atoms with E-state index < -0.39 is 0 Å². The van der Waals surface area contributed by atoms with Gasteiger partial charge in [0, 0.05) is 19.3 Å². The molecule has 24 heavy (non-hydrogen) atoms. The molecule has 0 saturated carbocycles. The summed E-state index contributed by atoms with van der Waals surface area (Å²) in [5, 5.41) is 0. The predicted octanol–water partition coefficient (Wildman–Crippen LogP) is 0.699. The zero-order chi connectivity index (χ0) is 16.0. The van der Waals surface area contributed by atoms with E-state index >= 15 is 0 Å². The normalized spacial score (nSPS) is 10.9. The number of quaternary nitrogens is 1. The van der Waals surface area contributed by atoms with E-state index in [9.17, 15) is 0 Å². The highest BCUT2D eigenvalue weighted by Crippen LogP contribution is 2.20. The highest BCUT2D eigenvalue weighted by Gasteiger charge is 2.30. The summed E-state index contributed by atoms with van der Waals surface area (Å²) in [4.78, 5) is 0. The monoisotopic (exact) mass is 337 g/mol. The van der Waals surface area contributed by atoms with E-state index in [2.05, 4.69) is 96.7 Å². The van der Waals surface area contributed by atoms with Crippen molar-refractivity contribution in [3.05, 3.63) is 108 Å². The molecule has 0 saturated heterocycles. The molecule has 3 N–H and O–H groups in total. The van der Waals surface area contributed by atoms with Crippen LogP contribution >= 0.6 is 0 Å². The summed E-state index contributed by atoms with van der Waals surface area (Å²) >= 11 is 0. The van der Waals surface area contributed by atoms with Gasteiger partial charge in [-0.1, -0.05) is 91.0 Å². The van der Waals surface area contributed by atoms with Gasteiger partial charge < -0.3 is 18.1 Å².